The third kappa shape index (κ3) is 2.96. The van der Waals surface area contributed by atoms with Crippen molar-refractivity contribution in [3.05, 3.63) is 0 Å². The Hall–Kier alpha value is -0.610. The number of amides is 1. The van der Waals surface area contributed by atoms with Crippen LogP contribution in [0, 0.1) is 0 Å². The number of likely N-dealkylation sites (N-methyl/N-ethyl adjacent to an activating group) is 1. The predicted molar refractivity (Wildman–Crippen MR) is 56.9 cm³/mol. The van der Waals surface area contributed by atoms with Crippen molar-refractivity contribution in [2.24, 2.45) is 5.73 Å². The Morgan fingerprint density at radius 2 is 2.29 bits per heavy atom. The number of carbonyl (C=O) groups excluding carboxylic acids is 1. The monoisotopic (exact) mass is 199 g/mol. The van der Waals surface area contributed by atoms with E-state index >= 15 is 0 Å². The zero-order valence-corrected chi connectivity index (χ0v) is 9.34. The topological polar surface area (TPSA) is 58.4 Å². The second-order valence-electron chi connectivity index (χ2n) is 4.65. The van der Waals surface area contributed by atoms with Crippen LogP contribution in [-0.4, -0.2) is 42.0 Å². The van der Waals surface area contributed by atoms with Crippen molar-refractivity contribution in [1.82, 2.24) is 10.2 Å². The molecule has 0 saturated carbocycles. The lowest BCUT2D eigenvalue weighted by molar-refractivity contribution is -0.119. The lowest BCUT2D eigenvalue weighted by Crippen LogP contribution is -2.42. The van der Waals surface area contributed by atoms with E-state index in [0.29, 0.717) is 12.6 Å². The molecule has 1 heterocycles. The molecule has 0 aromatic heterocycles. The van der Waals surface area contributed by atoms with Gasteiger partial charge < -0.3 is 11.1 Å². The number of rotatable bonds is 4. The van der Waals surface area contributed by atoms with E-state index in [1.54, 1.807) is 0 Å². The summed E-state index contributed by atoms with van der Waals surface area (Å²) >= 11 is 0. The summed E-state index contributed by atoms with van der Waals surface area (Å²) in [7, 11) is 0. The zero-order chi connectivity index (χ0) is 10.8. The molecular formula is C10H21N3O. The number of hydrogen-bond acceptors (Lipinski definition) is 3. The fourth-order valence-corrected chi connectivity index (χ4v) is 2.08. The van der Waals surface area contributed by atoms with Gasteiger partial charge in [0.2, 0.25) is 5.91 Å². The van der Waals surface area contributed by atoms with Crippen LogP contribution in [0.15, 0.2) is 0 Å². The van der Waals surface area contributed by atoms with E-state index in [0.717, 1.165) is 19.5 Å². The lowest BCUT2D eigenvalue weighted by atomic mass is 10.0. The average molecular weight is 199 g/mol. The first-order chi connectivity index (χ1) is 6.44. The molecule has 1 atom stereocenters. The lowest BCUT2D eigenvalue weighted by Gasteiger charge is -2.26. The fraction of sp³-hybridized carbons (Fsp3) is 0.900. The Bertz CT molecular complexity index is 215. The molecule has 0 aromatic rings. The fourth-order valence-electron chi connectivity index (χ4n) is 2.08. The van der Waals surface area contributed by atoms with Gasteiger partial charge in [-0.1, -0.05) is 6.92 Å². The molecule has 1 saturated heterocycles. The maximum Gasteiger partial charge on any atom is 0.231 e. The van der Waals surface area contributed by atoms with Gasteiger partial charge in [-0.05, 0) is 26.8 Å². The van der Waals surface area contributed by atoms with Crippen LogP contribution in [0.1, 0.15) is 27.2 Å². The van der Waals surface area contributed by atoms with Gasteiger partial charge >= 0.3 is 0 Å². The second kappa shape index (κ2) is 4.28. The molecule has 3 N–H and O–H groups in total. The van der Waals surface area contributed by atoms with E-state index in [4.69, 9.17) is 5.73 Å². The third-order valence-electron chi connectivity index (χ3n) is 2.84. The van der Waals surface area contributed by atoms with Gasteiger partial charge in [-0.25, -0.2) is 0 Å². The van der Waals surface area contributed by atoms with Gasteiger partial charge in [0, 0.05) is 18.1 Å². The second-order valence-corrected chi connectivity index (χ2v) is 4.65. The molecule has 0 spiro atoms. The van der Waals surface area contributed by atoms with E-state index in [-0.39, 0.29) is 11.4 Å². The first-order valence-electron chi connectivity index (χ1n) is 5.22. The highest BCUT2D eigenvalue weighted by Crippen LogP contribution is 2.21. The van der Waals surface area contributed by atoms with Crippen molar-refractivity contribution in [1.29, 1.82) is 0 Å². The standard InChI is InChI=1S/C10H21N3O/c1-4-13(7-9(11)14)8-5-10(2,3)12-6-8/h8,12H,4-7H2,1-3H3,(H2,11,14). The number of hydrogen-bond donors (Lipinski definition) is 2. The minimum absolute atomic E-state index is 0.190. The molecule has 0 aromatic carbocycles. The summed E-state index contributed by atoms with van der Waals surface area (Å²) in [6.07, 6.45) is 1.08. The molecule has 0 radical (unpaired) electrons. The summed E-state index contributed by atoms with van der Waals surface area (Å²) in [5.41, 5.74) is 5.39. The summed E-state index contributed by atoms with van der Waals surface area (Å²) in [5.74, 6) is -0.239. The summed E-state index contributed by atoms with van der Waals surface area (Å²) in [6, 6.07) is 0.447. The van der Waals surface area contributed by atoms with E-state index in [1.807, 2.05) is 0 Å². The normalized spacial score (nSPS) is 25.6. The van der Waals surface area contributed by atoms with Crippen LogP contribution >= 0.6 is 0 Å². The van der Waals surface area contributed by atoms with Crippen LogP contribution < -0.4 is 11.1 Å². The van der Waals surface area contributed by atoms with Crippen LogP contribution in [0.3, 0.4) is 0 Å². The maximum atomic E-state index is 10.8. The van der Waals surface area contributed by atoms with Crippen LogP contribution in [0.2, 0.25) is 0 Å². The molecule has 82 valence electrons. The van der Waals surface area contributed by atoms with Gasteiger partial charge in [-0.3, -0.25) is 9.69 Å². The number of nitrogens with one attached hydrogen (secondary N) is 1. The van der Waals surface area contributed by atoms with Crippen molar-refractivity contribution < 1.29 is 4.79 Å². The molecule has 4 nitrogen and oxygen atoms in total. The zero-order valence-electron chi connectivity index (χ0n) is 9.34. The maximum absolute atomic E-state index is 10.8. The minimum Gasteiger partial charge on any atom is -0.369 e. The quantitative estimate of drug-likeness (QED) is 0.666. The SMILES string of the molecule is CCN(CC(N)=O)C1CNC(C)(C)C1. The number of nitrogens with two attached hydrogens (primary N) is 1. The Labute approximate surface area is 85.8 Å². The van der Waals surface area contributed by atoms with Crippen molar-refractivity contribution in [3.63, 3.8) is 0 Å². The summed E-state index contributed by atoms with van der Waals surface area (Å²) < 4.78 is 0. The predicted octanol–water partition coefficient (Wildman–Crippen LogP) is -0.0659. The largest absolute Gasteiger partial charge is 0.369 e. The van der Waals surface area contributed by atoms with Crippen LogP contribution in [0.25, 0.3) is 0 Å². The summed E-state index contributed by atoms with van der Waals surface area (Å²) in [4.78, 5) is 13.0. The minimum atomic E-state index is -0.239. The molecule has 0 aliphatic carbocycles. The van der Waals surface area contributed by atoms with Crippen molar-refractivity contribution in [3.8, 4) is 0 Å². The van der Waals surface area contributed by atoms with E-state index in [2.05, 4.69) is 31.0 Å². The average Bonchev–Trinajstić information content (AvgIpc) is 2.41. The van der Waals surface area contributed by atoms with Crippen LogP contribution in [-0.2, 0) is 4.79 Å². The number of primary amides is 1. The third-order valence-corrected chi connectivity index (χ3v) is 2.84. The summed E-state index contributed by atoms with van der Waals surface area (Å²) in [6.45, 7) is 8.64. The first-order valence-corrected chi connectivity index (χ1v) is 5.22. The van der Waals surface area contributed by atoms with Crippen molar-refractivity contribution in [2.75, 3.05) is 19.6 Å². The molecule has 4 heteroatoms. The Morgan fingerprint density at radius 3 is 2.64 bits per heavy atom. The van der Waals surface area contributed by atoms with Crippen LogP contribution in [0.5, 0.6) is 0 Å². The van der Waals surface area contributed by atoms with Gasteiger partial charge in [0.1, 0.15) is 0 Å². The van der Waals surface area contributed by atoms with E-state index in [1.165, 1.54) is 0 Å². The van der Waals surface area contributed by atoms with Gasteiger partial charge in [0.15, 0.2) is 0 Å². The smallest absolute Gasteiger partial charge is 0.231 e. The molecule has 1 amide bonds. The van der Waals surface area contributed by atoms with E-state index in [9.17, 15) is 4.79 Å². The Balaban J connectivity index is 2.50. The van der Waals surface area contributed by atoms with Crippen molar-refractivity contribution in [2.45, 2.75) is 38.8 Å². The van der Waals surface area contributed by atoms with Gasteiger partial charge in [-0.15, -0.1) is 0 Å². The molecule has 0 bridgehead atoms. The molecular weight excluding hydrogens is 178 g/mol. The molecule has 1 rings (SSSR count). The highest BCUT2D eigenvalue weighted by molar-refractivity contribution is 5.75. The molecule has 1 aliphatic heterocycles. The van der Waals surface area contributed by atoms with Crippen LogP contribution in [0.4, 0.5) is 0 Å². The highest BCUT2D eigenvalue weighted by atomic mass is 16.1. The van der Waals surface area contributed by atoms with Gasteiger partial charge in [-0.2, -0.15) is 0 Å². The number of carbonyl (C=O) groups is 1. The highest BCUT2D eigenvalue weighted by Gasteiger charge is 2.33. The van der Waals surface area contributed by atoms with Crippen molar-refractivity contribution >= 4 is 5.91 Å². The molecule has 14 heavy (non-hydrogen) atoms. The van der Waals surface area contributed by atoms with Gasteiger partial charge in [0.05, 0.1) is 6.54 Å². The number of nitrogens with zero attached hydrogens (tertiary/aromatic N) is 1. The first kappa shape index (κ1) is 11.5. The van der Waals surface area contributed by atoms with Gasteiger partial charge in [0.25, 0.3) is 0 Å². The summed E-state index contributed by atoms with van der Waals surface area (Å²) in [5, 5.41) is 3.44. The molecule has 1 aliphatic rings. The molecule has 1 unspecified atom stereocenters. The Kier molecular flexibility index (Phi) is 3.50. The van der Waals surface area contributed by atoms with E-state index < -0.39 is 0 Å². The molecule has 1 fully saturated rings. The Morgan fingerprint density at radius 1 is 1.64 bits per heavy atom.